The summed E-state index contributed by atoms with van der Waals surface area (Å²) >= 11 is 1.57. The van der Waals surface area contributed by atoms with Crippen LogP contribution in [0.5, 0.6) is 5.88 Å². The first-order valence-electron chi connectivity index (χ1n) is 9.38. The van der Waals surface area contributed by atoms with Gasteiger partial charge in [0.05, 0.1) is 16.8 Å². The number of aromatic nitrogens is 2. The van der Waals surface area contributed by atoms with E-state index in [1.807, 2.05) is 54.6 Å². The number of nitrogens with zero attached hydrogens (tertiary/aromatic N) is 1. The molecule has 5 rings (SSSR count). The van der Waals surface area contributed by atoms with E-state index >= 15 is 0 Å². The molecule has 0 unspecified atom stereocenters. The fourth-order valence-electron chi connectivity index (χ4n) is 3.50. The summed E-state index contributed by atoms with van der Waals surface area (Å²) in [6.45, 7) is 2.08. The molecule has 0 fully saturated rings. The quantitative estimate of drug-likeness (QED) is 0.302. The van der Waals surface area contributed by atoms with E-state index in [0.29, 0.717) is 0 Å². The molecule has 4 nitrogen and oxygen atoms in total. The molecule has 2 heterocycles. The number of fused-ring (bicyclic) bond motifs is 2. The van der Waals surface area contributed by atoms with Crippen molar-refractivity contribution in [2.75, 3.05) is 4.72 Å². The Hall–Kier alpha value is -3.44. The molecule has 0 aliphatic rings. The molecule has 3 N–H and O–H groups in total. The Morgan fingerprint density at radius 3 is 2.72 bits per heavy atom. The molecular formula is C24H19N3OS. The Labute approximate surface area is 172 Å². The number of aromatic hydroxyl groups is 1. The van der Waals surface area contributed by atoms with Crippen molar-refractivity contribution in [1.82, 2.24) is 9.97 Å². The van der Waals surface area contributed by atoms with E-state index in [9.17, 15) is 5.11 Å². The first kappa shape index (κ1) is 17.6. The van der Waals surface area contributed by atoms with Crippen LogP contribution in [0.25, 0.3) is 33.1 Å². The number of pyridine rings is 1. The van der Waals surface area contributed by atoms with Gasteiger partial charge in [-0.1, -0.05) is 36.4 Å². The fourth-order valence-corrected chi connectivity index (χ4v) is 4.26. The predicted octanol–water partition coefficient (Wildman–Crippen LogP) is 6.52. The van der Waals surface area contributed by atoms with Crippen LogP contribution in [-0.4, -0.2) is 15.1 Å². The van der Waals surface area contributed by atoms with E-state index in [-0.39, 0.29) is 5.88 Å². The fraction of sp³-hybridized carbons (Fsp3) is 0.0417. The van der Waals surface area contributed by atoms with Crippen LogP contribution >= 0.6 is 11.9 Å². The number of hydrogen-bond donors (Lipinski definition) is 3. The lowest BCUT2D eigenvalue weighted by Gasteiger charge is -2.07. The molecule has 0 aliphatic carbocycles. The smallest absolute Gasteiger partial charge is 0.199 e. The van der Waals surface area contributed by atoms with Gasteiger partial charge in [-0.2, -0.15) is 0 Å². The minimum absolute atomic E-state index is 0.131. The molecule has 5 heteroatoms. The van der Waals surface area contributed by atoms with E-state index in [2.05, 4.69) is 40.9 Å². The Bertz CT molecular complexity index is 1340. The van der Waals surface area contributed by atoms with Gasteiger partial charge in [0.25, 0.3) is 0 Å². The first-order valence-corrected chi connectivity index (χ1v) is 10.2. The summed E-state index contributed by atoms with van der Waals surface area (Å²) in [7, 11) is 0. The zero-order valence-corrected chi connectivity index (χ0v) is 16.6. The summed E-state index contributed by atoms with van der Waals surface area (Å²) in [5.41, 5.74) is 5.44. The molecule has 0 radical (unpaired) electrons. The van der Waals surface area contributed by atoms with Crippen molar-refractivity contribution in [3.63, 3.8) is 0 Å². The van der Waals surface area contributed by atoms with Crippen LogP contribution in [0.1, 0.15) is 5.56 Å². The average Bonchev–Trinajstić information content (AvgIpc) is 3.07. The summed E-state index contributed by atoms with van der Waals surface area (Å²) in [5, 5.41) is 12.6. The minimum Gasteiger partial charge on any atom is -0.494 e. The number of nitrogens with one attached hydrogen (secondary N) is 2. The Morgan fingerprint density at radius 1 is 0.931 bits per heavy atom. The van der Waals surface area contributed by atoms with Gasteiger partial charge in [-0.15, -0.1) is 0 Å². The molecular weight excluding hydrogens is 378 g/mol. The third-order valence-electron chi connectivity index (χ3n) is 4.91. The van der Waals surface area contributed by atoms with Crippen LogP contribution < -0.4 is 4.72 Å². The van der Waals surface area contributed by atoms with Gasteiger partial charge in [0, 0.05) is 26.9 Å². The van der Waals surface area contributed by atoms with Crippen LogP contribution in [0, 0.1) is 6.92 Å². The van der Waals surface area contributed by atoms with Gasteiger partial charge in [-0.05, 0) is 66.9 Å². The number of rotatable bonds is 4. The molecule has 5 aromatic rings. The van der Waals surface area contributed by atoms with E-state index in [4.69, 9.17) is 4.98 Å². The zero-order valence-electron chi connectivity index (χ0n) is 15.8. The highest BCUT2D eigenvalue weighted by atomic mass is 32.2. The van der Waals surface area contributed by atoms with Crippen LogP contribution in [-0.2, 0) is 0 Å². The number of aromatic amines is 1. The molecule has 3 aromatic carbocycles. The molecule has 29 heavy (non-hydrogen) atoms. The topological polar surface area (TPSA) is 60.9 Å². The van der Waals surface area contributed by atoms with Crippen molar-refractivity contribution >= 4 is 39.4 Å². The van der Waals surface area contributed by atoms with Crippen molar-refractivity contribution in [3.8, 4) is 17.1 Å². The third-order valence-corrected chi connectivity index (χ3v) is 5.74. The van der Waals surface area contributed by atoms with Gasteiger partial charge in [-0.3, -0.25) is 0 Å². The Kier molecular flexibility index (Phi) is 4.37. The first-order chi connectivity index (χ1) is 14.2. The second-order valence-corrected chi connectivity index (χ2v) is 7.90. The molecule has 0 amide bonds. The van der Waals surface area contributed by atoms with E-state index in [0.717, 1.165) is 43.6 Å². The van der Waals surface area contributed by atoms with Crippen molar-refractivity contribution in [1.29, 1.82) is 0 Å². The van der Waals surface area contributed by atoms with Crippen LogP contribution in [0.3, 0.4) is 0 Å². The maximum absolute atomic E-state index is 10.6. The van der Waals surface area contributed by atoms with E-state index < -0.39 is 0 Å². The molecule has 0 aliphatic heterocycles. The molecule has 0 bridgehead atoms. The average molecular weight is 398 g/mol. The molecule has 2 aromatic heterocycles. The molecule has 0 saturated heterocycles. The summed E-state index contributed by atoms with van der Waals surface area (Å²) < 4.78 is 3.40. The van der Waals surface area contributed by atoms with Gasteiger partial charge in [0.2, 0.25) is 0 Å². The van der Waals surface area contributed by atoms with Gasteiger partial charge in [0.1, 0.15) is 0 Å². The standard InChI is InChI=1S/C24H19N3OS/c1-15-5-4-7-18(13-15)29-27-17-10-12-21-19(14-17)23(24(28)26-21)22-11-9-16-6-2-3-8-20(16)25-22/h2-14,26-28H,1H3. The summed E-state index contributed by atoms with van der Waals surface area (Å²) in [6.07, 6.45) is 0. The monoisotopic (exact) mass is 397 g/mol. The van der Waals surface area contributed by atoms with E-state index in [1.165, 1.54) is 5.56 Å². The highest BCUT2D eigenvalue weighted by Gasteiger charge is 2.15. The highest BCUT2D eigenvalue weighted by molar-refractivity contribution is 8.00. The third kappa shape index (κ3) is 3.41. The van der Waals surface area contributed by atoms with Crippen LogP contribution in [0.4, 0.5) is 5.69 Å². The number of aryl methyl sites for hydroxylation is 1. The lowest BCUT2D eigenvalue weighted by Crippen LogP contribution is -1.88. The van der Waals surface area contributed by atoms with Crippen molar-refractivity contribution < 1.29 is 5.11 Å². The van der Waals surface area contributed by atoms with Crippen molar-refractivity contribution in [2.45, 2.75) is 11.8 Å². The molecule has 0 saturated carbocycles. The molecule has 142 valence electrons. The number of para-hydroxylation sites is 1. The second kappa shape index (κ2) is 7.18. The Balaban J connectivity index is 1.53. The number of H-pyrrole nitrogens is 1. The highest BCUT2D eigenvalue weighted by Crippen LogP contribution is 2.38. The number of hydrogen-bond acceptors (Lipinski definition) is 4. The predicted molar refractivity (Wildman–Crippen MR) is 121 cm³/mol. The largest absolute Gasteiger partial charge is 0.494 e. The normalized spacial score (nSPS) is 11.2. The zero-order chi connectivity index (χ0) is 19.8. The summed E-state index contributed by atoms with van der Waals surface area (Å²) in [6, 6.07) is 26.3. The summed E-state index contributed by atoms with van der Waals surface area (Å²) in [5.74, 6) is 0.131. The Morgan fingerprint density at radius 2 is 1.83 bits per heavy atom. The lowest BCUT2D eigenvalue weighted by atomic mass is 10.1. The SMILES string of the molecule is Cc1cccc(SNc2ccc3[nH]c(O)c(-c4ccc5ccccc5n4)c3c2)c1. The lowest BCUT2D eigenvalue weighted by molar-refractivity contribution is 0.460. The maximum Gasteiger partial charge on any atom is 0.199 e. The van der Waals surface area contributed by atoms with Gasteiger partial charge < -0.3 is 14.8 Å². The van der Waals surface area contributed by atoms with Crippen LogP contribution in [0.2, 0.25) is 0 Å². The molecule has 0 spiro atoms. The van der Waals surface area contributed by atoms with Gasteiger partial charge >= 0.3 is 0 Å². The van der Waals surface area contributed by atoms with Gasteiger partial charge in [-0.25, -0.2) is 4.98 Å². The number of benzene rings is 3. The van der Waals surface area contributed by atoms with Crippen molar-refractivity contribution in [2.24, 2.45) is 0 Å². The van der Waals surface area contributed by atoms with Crippen molar-refractivity contribution in [3.05, 3.63) is 84.4 Å². The minimum atomic E-state index is 0.131. The maximum atomic E-state index is 10.6. The summed E-state index contributed by atoms with van der Waals surface area (Å²) in [4.78, 5) is 8.97. The van der Waals surface area contributed by atoms with Gasteiger partial charge in [0.15, 0.2) is 5.88 Å². The van der Waals surface area contributed by atoms with E-state index in [1.54, 1.807) is 11.9 Å². The second-order valence-electron chi connectivity index (χ2n) is 7.02. The van der Waals surface area contributed by atoms with Crippen LogP contribution in [0.15, 0.2) is 83.8 Å². The number of anilines is 1. The molecule has 0 atom stereocenters.